The summed E-state index contributed by atoms with van der Waals surface area (Å²) in [6, 6.07) is 9.97. The topological polar surface area (TPSA) is 169 Å². The molecule has 0 aliphatic heterocycles. The van der Waals surface area contributed by atoms with Gasteiger partial charge in [-0.1, -0.05) is 29.8 Å². The molecule has 3 aromatic rings. The van der Waals surface area contributed by atoms with Crippen molar-refractivity contribution in [2.45, 2.75) is 0 Å². The van der Waals surface area contributed by atoms with Gasteiger partial charge in [0.25, 0.3) is 5.56 Å². The Morgan fingerprint density at radius 1 is 1.00 bits per heavy atom. The predicted molar refractivity (Wildman–Crippen MR) is 114 cm³/mol. The fourth-order valence-electron chi connectivity index (χ4n) is 3.02. The maximum absolute atomic E-state index is 12.5. The number of nitrogens with two attached hydrogens (primary N) is 1. The number of rotatable bonds is 6. The molecule has 0 saturated heterocycles. The van der Waals surface area contributed by atoms with E-state index < -0.39 is 46.0 Å². The monoisotopic (exact) mass is 458 g/mol. The lowest BCUT2D eigenvalue weighted by molar-refractivity contribution is 0.0693. The first-order valence-electron chi connectivity index (χ1n) is 8.83. The molecule has 2 aromatic carbocycles. The van der Waals surface area contributed by atoms with Crippen LogP contribution in [-0.4, -0.2) is 40.2 Å². The number of benzene rings is 2. The lowest BCUT2D eigenvalue weighted by atomic mass is 9.95. The van der Waals surface area contributed by atoms with Crippen molar-refractivity contribution in [3.05, 3.63) is 74.5 Å². The number of aromatic carboxylic acids is 2. The fourth-order valence-corrected chi connectivity index (χ4v) is 3.24. The summed E-state index contributed by atoms with van der Waals surface area (Å²) in [5.74, 6) is -4.58. The van der Waals surface area contributed by atoms with Gasteiger partial charge in [0.05, 0.1) is 17.7 Å². The standard InChI is InChI=1S/C21H15ClN2O8/c1-31-13-8-9(6-7-12(13)32-21(30)10-4-2-3-5-11(10)22)14-15(19(26)27)17(23)24-18(25)16(14)20(28)29/h2-8H,1H3,(H,26,27)(H,28,29)(H3,23,24,25). The number of aromatic amines is 1. The van der Waals surface area contributed by atoms with Crippen LogP contribution in [0, 0.1) is 0 Å². The first kappa shape index (κ1) is 22.4. The fraction of sp³-hybridized carbons (Fsp3) is 0.0476. The zero-order valence-electron chi connectivity index (χ0n) is 16.3. The van der Waals surface area contributed by atoms with Crippen LogP contribution in [0.2, 0.25) is 5.02 Å². The number of carbonyl (C=O) groups excluding carboxylic acids is 1. The highest BCUT2D eigenvalue weighted by Crippen LogP contribution is 2.36. The molecule has 0 aliphatic rings. The van der Waals surface area contributed by atoms with Crippen molar-refractivity contribution in [3.8, 4) is 22.6 Å². The number of anilines is 1. The number of esters is 1. The SMILES string of the molecule is COc1cc(-c2c(C(=O)O)c(N)[nH]c(=O)c2C(=O)O)ccc1OC(=O)c1ccccc1Cl. The number of hydrogen-bond acceptors (Lipinski definition) is 7. The van der Waals surface area contributed by atoms with Crippen LogP contribution in [0.5, 0.6) is 11.5 Å². The molecule has 10 nitrogen and oxygen atoms in total. The van der Waals surface area contributed by atoms with Crippen LogP contribution in [0.1, 0.15) is 31.1 Å². The number of carbonyl (C=O) groups is 3. The lowest BCUT2D eigenvalue weighted by Gasteiger charge is -2.15. The van der Waals surface area contributed by atoms with E-state index in [0.29, 0.717) is 0 Å². The number of ether oxygens (including phenoxy) is 2. The maximum Gasteiger partial charge on any atom is 0.345 e. The molecule has 0 bridgehead atoms. The number of nitrogen functional groups attached to an aromatic ring is 1. The van der Waals surface area contributed by atoms with Gasteiger partial charge in [0.2, 0.25) is 0 Å². The second-order valence-corrected chi connectivity index (χ2v) is 6.75. The average molecular weight is 459 g/mol. The first-order valence-corrected chi connectivity index (χ1v) is 9.21. The summed E-state index contributed by atoms with van der Waals surface area (Å²) in [5.41, 5.74) is 2.80. The highest BCUT2D eigenvalue weighted by atomic mass is 35.5. The molecule has 0 saturated carbocycles. The lowest BCUT2D eigenvalue weighted by Crippen LogP contribution is -2.24. The Morgan fingerprint density at radius 2 is 1.66 bits per heavy atom. The third-order valence-electron chi connectivity index (χ3n) is 4.42. The Morgan fingerprint density at radius 3 is 2.25 bits per heavy atom. The first-order chi connectivity index (χ1) is 15.1. The number of methoxy groups -OCH3 is 1. The minimum atomic E-state index is -1.66. The summed E-state index contributed by atoms with van der Waals surface area (Å²) < 4.78 is 10.5. The molecule has 1 aromatic heterocycles. The smallest absolute Gasteiger partial charge is 0.345 e. The highest BCUT2D eigenvalue weighted by Gasteiger charge is 2.27. The number of pyridine rings is 1. The molecule has 0 unspecified atom stereocenters. The van der Waals surface area contributed by atoms with Crippen LogP contribution in [-0.2, 0) is 0 Å². The largest absolute Gasteiger partial charge is 0.493 e. The quantitative estimate of drug-likeness (QED) is 0.320. The van der Waals surface area contributed by atoms with Crippen LogP contribution in [0.3, 0.4) is 0 Å². The third-order valence-corrected chi connectivity index (χ3v) is 4.75. The van der Waals surface area contributed by atoms with Crippen LogP contribution in [0.15, 0.2) is 47.3 Å². The number of H-pyrrole nitrogens is 1. The minimum absolute atomic E-state index is 0.00741. The number of carboxylic acid groups (broad SMARTS) is 2. The van der Waals surface area contributed by atoms with Gasteiger partial charge in [0.1, 0.15) is 16.9 Å². The summed E-state index contributed by atoms with van der Waals surface area (Å²) in [5, 5.41) is 19.2. The number of carboxylic acids is 2. The highest BCUT2D eigenvalue weighted by molar-refractivity contribution is 6.33. The zero-order valence-corrected chi connectivity index (χ0v) is 17.1. The van der Waals surface area contributed by atoms with E-state index >= 15 is 0 Å². The maximum atomic E-state index is 12.5. The molecule has 0 aliphatic carbocycles. The molecule has 5 N–H and O–H groups in total. The van der Waals surface area contributed by atoms with Gasteiger partial charge in [-0.3, -0.25) is 4.79 Å². The van der Waals surface area contributed by atoms with Crippen molar-refractivity contribution in [2.75, 3.05) is 12.8 Å². The van der Waals surface area contributed by atoms with E-state index in [4.69, 9.17) is 26.8 Å². The molecular weight excluding hydrogens is 444 g/mol. The van der Waals surface area contributed by atoms with Crippen molar-refractivity contribution >= 4 is 35.3 Å². The second kappa shape index (κ2) is 8.82. The number of halogens is 1. The van der Waals surface area contributed by atoms with Gasteiger partial charge in [0.15, 0.2) is 11.5 Å². The zero-order chi connectivity index (χ0) is 23.6. The van der Waals surface area contributed by atoms with Gasteiger partial charge in [-0.15, -0.1) is 0 Å². The Kier molecular flexibility index (Phi) is 6.17. The van der Waals surface area contributed by atoms with Crippen LogP contribution in [0.25, 0.3) is 11.1 Å². The van der Waals surface area contributed by atoms with Crippen LogP contribution >= 0.6 is 11.6 Å². The molecule has 0 radical (unpaired) electrons. The van der Waals surface area contributed by atoms with Gasteiger partial charge in [-0.05, 0) is 29.8 Å². The number of hydrogen-bond donors (Lipinski definition) is 4. The summed E-state index contributed by atoms with van der Waals surface area (Å²) in [6.45, 7) is 0. The second-order valence-electron chi connectivity index (χ2n) is 6.34. The van der Waals surface area contributed by atoms with E-state index in [2.05, 4.69) is 0 Å². The molecule has 0 atom stereocenters. The summed E-state index contributed by atoms with van der Waals surface area (Å²) in [4.78, 5) is 50.1. The number of aromatic nitrogens is 1. The molecule has 164 valence electrons. The summed E-state index contributed by atoms with van der Waals surface area (Å²) in [7, 11) is 1.26. The van der Waals surface area contributed by atoms with Gasteiger partial charge < -0.3 is 30.4 Å². The molecule has 0 amide bonds. The Bertz CT molecular complexity index is 1320. The molecule has 11 heteroatoms. The van der Waals surface area contributed by atoms with Gasteiger partial charge >= 0.3 is 17.9 Å². The average Bonchev–Trinajstić information content (AvgIpc) is 2.73. The van der Waals surface area contributed by atoms with E-state index in [1.54, 1.807) is 12.1 Å². The van der Waals surface area contributed by atoms with E-state index in [1.807, 2.05) is 4.98 Å². The van der Waals surface area contributed by atoms with Gasteiger partial charge in [-0.2, -0.15) is 0 Å². The van der Waals surface area contributed by atoms with Gasteiger partial charge in [-0.25, -0.2) is 14.4 Å². The van der Waals surface area contributed by atoms with Crippen LogP contribution in [0.4, 0.5) is 5.82 Å². The molecule has 0 spiro atoms. The molecule has 3 rings (SSSR count). The van der Waals surface area contributed by atoms with Crippen molar-refractivity contribution in [3.63, 3.8) is 0 Å². The number of nitrogens with one attached hydrogen (secondary N) is 1. The Hall–Kier alpha value is -4.31. The summed E-state index contributed by atoms with van der Waals surface area (Å²) in [6.07, 6.45) is 0. The normalized spacial score (nSPS) is 10.4. The summed E-state index contributed by atoms with van der Waals surface area (Å²) >= 11 is 6.00. The molecule has 0 fully saturated rings. The minimum Gasteiger partial charge on any atom is -0.493 e. The Balaban J connectivity index is 2.15. The Labute approximate surface area is 184 Å². The predicted octanol–water partition coefficient (Wildman–Crippen LogP) is 2.90. The van der Waals surface area contributed by atoms with Crippen molar-refractivity contribution in [1.82, 2.24) is 4.98 Å². The van der Waals surface area contributed by atoms with E-state index in [-0.39, 0.29) is 27.6 Å². The molecule has 32 heavy (non-hydrogen) atoms. The molecule has 1 heterocycles. The van der Waals surface area contributed by atoms with Gasteiger partial charge in [0, 0.05) is 5.56 Å². The van der Waals surface area contributed by atoms with Crippen molar-refractivity contribution in [1.29, 1.82) is 0 Å². The van der Waals surface area contributed by atoms with Crippen LogP contribution < -0.4 is 20.8 Å². The third kappa shape index (κ3) is 4.12. The van der Waals surface area contributed by atoms with E-state index in [9.17, 15) is 29.4 Å². The van der Waals surface area contributed by atoms with E-state index in [1.165, 1.54) is 37.4 Å². The van der Waals surface area contributed by atoms with E-state index in [0.717, 1.165) is 0 Å². The molecular formula is C21H15ClN2O8. The van der Waals surface area contributed by atoms with Crippen molar-refractivity contribution in [2.24, 2.45) is 0 Å². The van der Waals surface area contributed by atoms with Crippen molar-refractivity contribution < 1.29 is 34.1 Å².